The first kappa shape index (κ1) is 23.7. The maximum Gasteiger partial charge on any atom is 0.230 e. The number of fused-ring (bicyclic) bond motifs is 1. The molecule has 3 heterocycles. The first-order valence-corrected chi connectivity index (χ1v) is 12.7. The lowest BCUT2D eigenvalue weighted by atomic mass is 10.1. The van der Waals surface area contributed by atoms with Crippen LogP contribution in [0.25, 0.3) is 0 Å². The molecule has 10 heteroatoms. The standard InChI is InChI=1S/C25H29N5O4S/c1-29-24(22-16-33-20-4-2-3-5-21(20)34-22)27-28-25(29)35-17-23(31)26-14-18-6-8-19(9-7-18)15-30-10-12-32-13-11-30/h2-9,22H,10-17H2,1H3,(H,26,31)/t22-/m1/s1. The number of aromatic nitrogens is 3. The van der Waals surface area contributed by atoms with E-state index in [4.69, 9.17) is 14.2 Å². The van der Waals surface area contributed by atoms with Gasteiger partial charge in [0.15, 0.2) is 28.6 Å². The number of amides is 1. The van der Waals surface area contributed by atoms with Crippen molar-refractivity contribution >= 4 is 17.7 Å². The summed E-state index contributed by atoms with van der Waals surface area (Å²) < 4.78 is 19.1. The van der Waals surface area contributed by atoms with Crippen LogP contribution in [-0.2, 0) is 29.7 Å². The minimum absolute atomic E-state index is 0.0527. The number of nitrogens with one attached hydrogen (secondary N) is 1. The molecule has 3 aromatic rings. The highest BCUT2D eigenvalue weighted by atomic mass is 32.2. The fourth-order valence-electron chi connectivity index (χ4n) is 4.04. The summed E-state index contributed by atoms with van der Waals surface area (Å²) in [5, 5.41) is 12.2. The first-order valence-electron chi connectivity index (χ1n) is 11.7. The molecule has 0 radical (unpaired) electrons. The Morgan fingerprint density at radius 2 is 1.80 bits per heavy atom. The number of nitrogens with zero attached hydrogens (tertiary/aromatic N) is 4. The van der Waals surface area contributed by atoms with Crippen molar-refractivity contribution in [1.29, 1.82) is 0 Å². The molecule has 5 rings (SSSR count). The molecule has 0 spiro atoms. The fraction of sp³-hybridized carbons (Fsp3) is 0.400. The van der Waals surface area contributed by atoms with Gasteiger partial charge in [-0.15, -0.1) is 10.2 Å². The molecule has 1 atom stereocenters. The van der Waals surface area contributed by atoms with Crippen molar-refractivity contribution in [3.8, 4) is 11.5 Å². The summed E-state index contributed by atoms with van der Waals surface area (Å²) in [6.45, 7) is 5.32. The van der Waals surface area contributed by atoms with Gasteiger partial charge in [-0.05, 0) is 23.3 Å². The highest BCUT2D eigenvalue weighted by Crippen LogP contribution is 2.35. The second-order valence-electron chi connectivity index (χ2n) is 8.53. The average Bonchev–Trinajstić information content (AvgIpc) is 3.27. The molecule has 1 saturated heterocycles. The lowest BCUT2D eigenvalue weighted by Gasteiger charge is -2.26. The molecule has 0 saturated carbocycles. The minimum atomic E-state index is -0.350. The second-order valence-corrected chi connectivity index (χ2v) is 9.48. The number of carbonyl (C=O) groups excluding carboxylic acids is 1. The van der Waals surface area contributed by atoms with Crippen molar-refractivity contribution in [2.75, 3.05) is 38.7 Å². The number of ether oxygens (including phenoxy) is 3. The van der Waals surface area contributed by atoms with E-state index in [1.807, 2.05) is 35.9 Å². The van der Waals surface area contributed by atoms with Crippen molar-refractivity contribution < 1.29 is 19.0 Å². The maximum atomic E-state index is 12.4. The lowest BCUT2D eigenvalue weighted by Crippen LogP contribution is -2.35. The molecule has 184 valence electrons. The molecular weight excluding hydrogens is 466 g/mol. The molecule has 0 aliphatic carbocycles. The molecule has 2 aromatic carbocycles. The average molecular weight is 496 g/mol. The second kappa shape index (κ2) is 11.1. The number of thioether (sulfide) groups is 1. The van der Waals surface area contributed by atoms with Crippen LogP contribution in [0.1, 0.15) is 23.1 Å². The summed E-state index contributed by atoms with van der Waals surface area (Å²) in [5.74, 6) is 2.28. The molecule has 2 aliphatic heterocycles. The molecule has 1 aromatic heterocycles. The fourth-order valence-corrected chi connectivity index (χ4v) is 4.79. The van der Waals surface area contributed by atoms with E-state index in [1.54, 1.807) is 0 Å². The van der Waals surface area contributed by atoms with Gasteiger partial charge in [-0.1, -0.05) is 48.2 Å². The number of carbonyl (C=O) groups is 1. The summed E-state index contributed by atoms with van der Waals surface area (Å²) >= 11 is 1.35. The zero-order chi connectivity index (χ0) is 24.0. The maximum absolute atomic E-state index is 12.4. The van der Waals surface area contributed by atoms with Gasteiger partial charge in [0, 0.05) is 33.2 Å². The number of para-hydroxylation sites is 2. The van der Waals surface area contributed by atoms with E-state index in [9.17, 15) is 4.79 Å². The van der Waals surface area contributed by atoms with Gasteiger partial charge in [-0.3, -0.25) is 9.69 Å². The largest absolute Gasteiger partial charge is 0.485 e. The van der Waals surface area contributed by atoms with Crippen LogP contribution in [-0.4, -0.2) is 64.2 Å². The molecule has 1 amide bonds. The Balaban J connectivity index is 1.08. The third kappa shape index (κ3) is 5.95. The summed E-state index contributed by atoms with van der Waals surface area (Å²) in [5.41, 5.74) is 2.34. The molecule has 35 heavy (non-hydrogen) atoms. The molecule has 9 nitrogen and oxygen atoms in total. The lowest BCUT2D eigenvalue weighted by molar-refractivity contribution is -0.118. The van der Waals surface area contributed by atoms with Crippen molar-refractivity contribution in [2.45, 2.75) is 24.3 Å². The van der Waals surface area contributed by atoms with Crippen LogP contribution in [0.4, 0.5) is 0 Å². The van der Waals surface area contributed by atoms with Crippen LogP contribution in [0.2, 0.25) is 0 Å². The topological polar surface area (TPSA) is 90.7 Å². The number of morpholine rings is 1. The van der Waals surface area contributed by atoms with Crippen molar-refractivity contribution in [3.05, 3.63) is 65.5 Å². The van der Waals surface area contributed by atoms with Crippen LogP contribution in [0.5, 0.6) is 11.5 Å². The molecule has 0 unspecified atom stereocenters. The predicted octanol–water partition coefficient (Wildman–Crippen LogP) is 2.57. The highest BCUT2D eigenvalue weighted by molar-refractivity contribution is 7.99. The van der Waals surface area contributed by atoms with E-state index in [2.05, 4.69) is 44.7 Å². The molecule has 1 N–H and O–H groups in total. The first-order chi connectivity index (χ1) is 17.2. The zero-order valence-electron chi connectivity index (χ0n) is 19.7. The molecule has 1 fully saturated rings. The Labute approximate surface area is 208 Å². The van der Waals surface area contributed by atoms with E-state index in [0.717, 1.165) is 44.2 Å². The molecule has 0 bridgehead atoms. The number of hydrogen-bond acceptors (Lipinski definition) is 8. The summed E-state index contributed by atoms with van der Waals surface area (Å²) in [4.78, 5) is 14.8. The van der Waals surface area contributed by atoms with E-state index >= 15 is 0 Å². The Morgan fingerprint density at radius 1 is 1.06 bits per heavy atom. The summed E-state index contributed by atoms with van der Waals surface area (Å²) in [6.07, 6.45) is -0.350. The Kier molecular flexibility index (Phi) is 7.51. The van der Waals surface area contributed by atoms with Gasteiger partial charge in [0.05, 0.1) is 19.0 Å². The van der Waals surface area contributed by atoms with Gasteiger partial charge in [0.2, 0.25) is 5.91 Å². The van der Waals surface area contributed by atoms with Crippen LogP contribution in [0.3, 0.4) is 0 Å². The normalized spacial score (nSPS) is 17.8. The van der Waals surface area contributed by atoms with Crippen LogP contribution >= 0.6 is 11.8 Å². The van der Waals surface area contributed by atoms with E-state index < -0.39 is 0 Å². The Hall–Kier alpha value is -3.08. The molecular formula is C25H29N5O4S. The van der Waals surface area contributed by atoms with Gasteiger partial charge in [0.25, 0.3) is 0 Å². The van der Waals surface area contributed by atoms with Crippen LogP contribution < -0.4 is 14.8 Å². The van der Waals surface area contributed by atoms with E-state index in [1.165, 1.54) is 17.3 Å². The number of benzene rings is 2. The predicted molar refractivity (Wildman–Crippen MR) is 131 cm³/mol. The summed E-state index contributed by atoms with van der Waals surface area (Å²) in [6, 6.07) is 16.0. The van der Waals surface area contributed by atoms with Crippen LogP contribution in [0.15, 0.2) is 53.7 Å². The monoisotopic (exact) mass is 495 g/mol. The van der Waals surface area contributed by atoms with Gasteiger partial charge in [-0.2, -0.15) is 0 Å². The SMILES string of the molecule is Cn1c(SCC(=O)NCc2ccc(CN3CCOCC3)cc2)nnc1[C@H]1COc2ccccc2O1. The van der Waals surface area contributed by atoms with Gasteiger partial charge in [0.1, 0.15) is 6.61 Å². The van der Waals surface area contributed by atoms with E-state index in [0.29, 0.717) is 29.9 Å². The molecule has 2 aliphatic rings. The van der Waals surface area contributed by atoms with Crippen LogP contribution in [0, 0.1) is 0 Å². The smallest absolute Gasteiger partial charge is 0.230 e. The Bertz CT molecular complexity index is 1150. The van der Waals surface area contributed by atoms with Gasteiger partial charge < -0.3 is 24.1 Å². The van der Waals surface area contributed by atoms with Crippen molar-refractivity contribution in [2.24, 2.45) is 7.05 Å². The minimum Gasteiger partial charge on any atom is -0.485 e. The zero-order valence-corrected chi connectivity index (χ0v) is 20.5. The third-order valence-electron chi connectivity index (χ3n) is 6.02. The van der Waals surface area contributed by atoms with E-state index in [-0.39, 0.29) is 17.8 Å². The Morgan fingerprint density at radius 3 is 2.60 bits per heavy atom. The quantitative estimate of drug-likeness (QED) is 0.477. The third-order valence-corrected chi connectivity index (χ3v) is 7.04. The number of hydrogen-bond donors (Lipinski definition) is 1. The van der Waals surface area contributed by atoms with Crippen molar-refractivity contribution in [1.82, 2.24) is 25.0 Å². The number of rotatable bonds is 8. The summed E-state index contributed by atoms with van der Waals surface area (Å²) in [7, 11) is 1.87. The van der Waals surface area contributed by atoms with Gasteiger partial charge in [-0.25, -0.2) is 0 Å². The highest BCUT2D eigenvalue weighted by Gasteiger charge is 2.27. The van der Waals surface area contributed by atoms with Gasteiger partial charge >= 0.3 is 0 Å². The van der Waals surface area contributed by atoms with Crippen molar-refractivity contribution in [3.63, 3.8) is 0 Å².